The van der Waals surface area contributed by atoms with Crippen LogP contribution in [0.1, 0.15) is 18.4 Å². The zero-order valence-corrected chi connectivity index (χ0v) is 11.3. The molecule has 1 aromatic rings. The van der Waals surface area contributed by atoms with Crippen molar-refractivity contribution in [1.29, 1.82) is 0 Å². The van der Waals surface area contributed by atoms with Crippen LogP contribution in [0.25, 0.3) is 0 Å². The Labute approximate surface area is 113 Å². The largest absolute Gasteiger partial charge is 0.468 e. The Morgan fingerprint density at radius 3 is 2.53 bits per heavy atom. The van der Waals surface area contributed by atoms with Gasteiger partial charge >= 0.3 is 5.97 Å². The number of carbonyl (C=O) groups excluding carboxylic acids is 1. The van der Waals surface area contributed by atoms with Gasteiger partial charge in [-0.2, -0.15) is 0 Å². The van der Waals surface area contributed by atoms with E-state index in [1.54, 1.807) is 0 Å². The van der Waals surface area contributed by atoms with Crippen LogP contribution < -0.4 is 11.3 Å². The predicted octanol–water partition coefficient (Wildman–Crippen LogP) is 0.658. The van der Waals surface area contributed by atoms with Crippen molar-refractivity contribution in [3.05, 3.63) is 35.9 Å². The molecule has 1 fully saturated rings. The molecule has 19 heavy (non-hydrogen) atoms. The quantitative estimate of drug-likeness (QED) is 0.474. The summed E-state index contributed by atoms with van der Waals surface area (Å²) >= 11 is 0. The lowest BCUT2D eigenvalue weighted by atomic mass is 9.88. The van der Waals surface area contributed by atoms with E-state index in [0.29, 0.717) is 12.8 Å². The van der Waals surface area contributed by atoms with Crippen molar-refractivity contribution >= 4 is 5.97 Å². The van der Waals surface area contributed by atoms with E-state index in [0.717, 1.165) is 19.6 Å². The number of likely N-dealkylation sites (tertiary alicyclic amines) is 1. The van der Waals surface area contributed by atoms with Gasteiger partial charge in [0.05, 0.1) is 7.11 Å². The van der Waals surface area contributed by atoms with Gasteiger partial charge in [-0.05, 0) is 18.4 Å². The summed E-state index contributed by atoms with van der Waals surface area (Å²) in [5.74, 6) is 5.27. The maximum absolute atomic E-state index is 11.8. The molecule has 0 unspecified atom stereocenters. The van der Waals surface area contributed by atoms with Gasteiger partial charge in [0.2, 0.25) is 0 Å². The lowest BCUT2D eigenvalue weighted by molar-refractivity contribution is -0.151. The summed E-state index contributed by atoms with van der Waals surface area (Å²) in [5.41, 5.74) is 3.22. The maximum atomic E-state index is 11.8. The zero-order valence-electron chi connectivity index (χ0n) is 11.3. The average Bonchev–Trinajstić information content (AvgIpc) is 2.48. The number of hydrogen-bond donors (Lipinski definition) is 2. The normalized spacial score (nSPS) is 19.1. The van der Waals surface area contributed by atoms with E-state index in [2.05, 4.69) is 22.5 Å². The van der Waals surface area contributed by atoms with E-state index < -0.39 is 5.54 Å². The molecule has 1 aromatic carbocycles. The van der Waals surface area contributed by atoms with Gasteiger partial charge in [0.1, 0.15) is 5.54 Å². The first-order valence-corrected chi connectivity index (χ1v) is 6.53. The summed E-state index contributed by atoms with van der Waals surface area (Å²) in [6.45, 7) is 2.56. The number of ether oxygens (including phenoxy) is 1. The summed E-state index contributed by atoms with van der Waals surface area (Å²) in [4.78, 5) is 14.1. The van der Waals surface area contributed by atoms with Crippen molar-refractivity contribution in [1.82, 2.24) is 10.3 Å². The highest BCUT2D eigenvalue weighted by atomic mass is 16.5. The maximum Gasteiger partial charge on any atom is 0.327 e. The standard InChI is InChI=1S/C14H21N3O2/c1-19-13(18)14(16-15)7-9-17(10-8-14)11-12-5-3-2-4-6-12/h2-6,16H,7-11,15H2,1H3. The lowest BCUT2D eigenvalue weighted by Crippen LogP contribution is -2.61. The van der Waals surface area contributed by atoms with E-state index in [-0.39, 0.29) is 5.97 Å². The Morgan fingerprint density at radius 2 is 2.00 bits per heavy atom. The second-order valence-electron chi connectivity index (χ2n) is 4.98. The van der Waals surface area contributed by atoms with Gasteiger partial charge in [-0.15, -0.1) is 0 Å². The molecule has 0 spiro atoms. The Hall–Kier alpha value is -1.43. The second-order valence-corrected chi connectivity index (χ2v) is 4.98. The van der Waals surface area contributed by atoms with Gasteiger partial charge in [-0.3, -0.25) is 15.5 Å². The van der Waals surface area contributed by atoms with Crippen LogP contribution in [0.5, 0.6) is 0 Å². The number of nitrogens with one attached hydrogen (secondary N) is 1. The van der Waals surface area contributed by atoms with Crippen molar-refractivity contribution in [2.24, 2.45) is 5.84 Å². The Balaban J connectivity index is 1.93. The molecule has 104 valence electrons. The van der Waals surface area contributed by atoms with Crippen LogP contribution in [-0.4, -0.2) is 36.6 Å². The number of nitrogens with zero attached hydrogens (tertiary/aromatic N) is 1. The van der Waals surface area contributed by atoms with Gasteiger partial charge in [0, 0.05) is 19.6 Å². The fraction of sp³-hybridized carbons (Fsp3) is 0.500. The fourth-order valence-corrected chi connectivity index (χ4v) is 2.54. The summed E-state index contributed by atoms with van der Waals surface area (Å²) < 4.78 is 4.84. The van der Waals surface area contributed by atoms with E-state index in [1.807, 2.05) is 18.2 Å². The lowest BCUT2D eigenvalue weighted by Gasteiger charge is -2.39. The fourth-order valence-electron chi connectivity index (χ4n) is 2.54. The first-order chi connectivity index (χ1) is 9.20. The third-order valence-corrected chi connectivity index (χ3v) is 3.81. The molecule has 3 N–H and O–H groups in total. The molecule has 0 amide bonds. The molecule has 2 rings (SSSR count). The number of esters is 1. The number of benzene rings is 1. The number of methoxy groups -OCH3 is 1. The molecular weight excluding hydrogens is 242 g/mol. The minimum atomic E-state index is -0.720. The van der Waals surface area contributed by atoms with E-state index in [4.69, 9.17) is 10.6 Å². The summed E-state index contributed by atoms with van der Waals surface area (Å²) in [5, 5.41) is 0. The van der Waals surface area contributed by atoms with Gasteiger partial charge in [0.25, 0.3) is 0 Å². The topological polar surface area (TPSA) is 67.6 Å². The number of piperidine rings is 1. The second kappa shape index (κ2) is 6.14. The van der Waals surface area contributed by atoms with Crippen molar-refractivity contribution in [2.45, 2.75) is 24.9 Å². The summed E-state index contributed by atoms with van der Waals surface area (Å²) in [6, 6.07) is 10.3. The molecule has 1 aliphatic rings. The van der Waals surface area contributed by atoms with Gasteiger partial charge in [-0.25, -0.2) is 5.43 Å². The molecule has 5 nitrogen and oxygen atoms in total. The summed E-state index contributed by atoms with van der Waals surface area (Å²) in [7, 11) is 1.40. The molecule has 1 heterocycles. The summed E-state index contributed by atoms with van der Waals surface area (Å²) in [6.07, 6.45) is 1.34. The monoisotopic (exact) mass is 263 g/mol. The third kappa shape index (κ3) is 3.12. The van der Waals surface area contributed by atoms with Crippen LogP contribution in [0.2, 0.25) is 0 Å². The molecule has 0 radical (unpaired) electrons. The van der Waals surface area contributed by atoms with Crippen LogP contribution in [0.4, 0.5) is 0 Å². The van der Waals surface area contributed by atoms with Crippen LogP contribution in [0, 0.1) is 0 Å². The Morgan fingerprint density at radius 1 is 1.37 bits per heavy atom. The molecule has 0 saturated carbocycles. The smallest absolute Gasteiger partial charge is 0.327 e. The molecule has 0 aromatic heterocycles. The molecule has 0 bridgehead atoms. The molecule has 0 aliphatic carbocycles. The average molecular weight is 263 g/mol. The molecule has 1 aliphatic heterocycles. The number of nitrogens with two attached hydrogens (primary N) is 1. The van der Waals surface area contributed by atoms with E-state index >= 15 is 0 Å². The molecule has 0 atom stereocenters. The highest BCUT2D eigenvalue weighted by Gasteiger charge is 2.41. The Kier molecular flexibility index (Phi) is 4.52. The molecule has 1 saturated heterocycles. The first-order valence-electron chi connectivity index (χ1n) is 6.53. The first kappa shape index (κ1) is 14.0. The van der Waals surface area contributed by atoms with Crippen LogP contribution in [0.15, 0.2) is 30.3 Å². The van der Waals surface area contributed by atoms with Gasteiger partial charge < -0.3 is 4.74 Å². The molecule has 5 heteroatoms. The number of hydrogen-bond acceptors (Lipinski definition) is 5. The Bertz CT molecular complexity index is 414. The van der Waals surface area contributed by atoms with E-state index in [9.17, 15) is 4.79 Å². The van der Waals surface area contributed by atoms with Gasteiger partial charge in [0.15, 0.2) is 0 Å². The predicted molar refractivity (Wildman–Crippen MR) is 73.0 cm³/mol. The third-order valence-electron chi connectivity index (χ3n) is 3.81. The van der Waals surface area contributed by atoms with Gasteiger partial charge in [-0.1, -0.05) is 30.3 Å². The number of carbonyl (C=O) groups is 1. The zero-order chi connectivity index (χ0) is 13.7. The minimum Gasteiger partial charge on any atom is -0.468 e. The van der Waals surface area contributed by atoms with E-state index in [1.165, 1.54) is 12.7 Å². The SMILES string of the molecule is COC(=O)C1(NN)CCN(Cc2ccccc2)CC1. The highest BCUT2D eigenvalue weighted by molar-refractivity contribution is 5.80. The highest BCUT2D eigenvalue weighted by Crippen LogP contribution is 2.24. The van der Waals surface area contributed by atoms with Crippen molar-refractivity contribution in [2.75, 3.05) is 20.2 Å². The van der Waals surface area contributed by atoms with Crippen molar-refractivity contribution < 1.29 is 9.53 Å². The molecular formula is C14H21N3O2. The van der Waals surface area contributed by atoms with Crippen molar-refractivity contribution in [3.8, 4) is 0 Å². The van der Waals surface area contributed by atoms with Crippen LogP contribution >= 0.6 is 0 Å². The van der Waals surface area contributed by atoms with Crippen molar-refractivity contribution in [3.63, 3.8) is 0 Å². The number of hydrazine groups is 1. The minimum absolute atomic E-state index is 0.269. The number of rotatable bonds is 4. The van der Waals surface area contributed by atoms with Crippen LogP contribution in [0.3, 0.4) is 0 Å². The van der Waals surface area contributed by atoms with Crippen LogP contribution in [-0.2, 0) is 16.1 Å².